The number of nitrogens with zero attached hydrogens (tertiary/aromatic N) is 2. The van der Waals surface area contributed by atoms with Crippen LogP contribution < -0.4 is 5.73 Å². The number of hydrogen-bond donors (Lipinski definition) is 1. The second-order valence-electron chi connectivity index (χ2n) is 3.97. The molecule has 0 bridgehead atoms. The molecule has 0 aromatic carbocycles. The Bertz CT molecular complexity index is 127. The molecule has 1 saturated heterocycles. The first-order chi connectivity index (χ1) is 5.72. The van der Waals surface area contributed by atoms with Crippen LogP contribution in [0.4, 0.5) is 0 Å². The van der Waals surface area contributed by atoms with Crippen LogP contribution >= 0.6 is 0 Å². The molecule has 1 rings (SSSR count). The van der Waals surface area contributed by atoms with Crippen LogP contribution in [0.5, 0.6) is 0 Å². The fourth-order valence-corrected chi connectivity index (χ4v) is 1.93. The maximum atomic E-state index is 5.48. The zero-order chi connectivity index (χ0) is 8.97. The lowest BCUT2D eigenvalue weighted by Crippen LogP contribution is -2.31. The first kappa shape index (κ1) is 9.96. The summed E-state index contributed by atoms with van der Waals surface area (Å²) in [5.74, 6) is 0.867. The topological polar surface area (TPSA) is 32.5 Å². The molecule has 0 aromatic rings. The standard InChI is InChI=1S/C9H21N3/c1-11-5-3-9(7-11)8-12(2)6-4-10/h9H,3-8,10H2,1-2H3/t9-/m1/s1. The van der Waals surface area contributed by atoms with Crippen molar-refractivity contribution in [3.8, 4) is 0 Å². The third kappa shape index (κ3) is 3.09. The number of likely N-dealkylation sites (N-methyl/N-ethyl adjacent to an activating group) is 1. The molecule has 0 spiro atoms. The number of likely N-dealkylation sites (tertiary alicyclic amines) is 1. The summed E-state index contributed by atoms with van der Waals surface area (Å²) in [4.78, 5) is 4.74. The highest BCUT2D eigenvalue weighted by Gasteiger charge is 2.20. The Labute approximate surface area is 75.5 Å². The van der Waals surface area contributed by atoms with Crippen LogP contribution in [-0.4, -0.2) is 56.6 Å². The highest BCUT2D eigenvalue weighted by Crippen LogP contribution is 2.14. The molecular weight excluding hydrogens is 150 g/mol. The molecule has 0 aromatic heterocycles. The predicted octanol–water partition coefficient (Wildman–Crippen LogP) is -0.171. The van der Waals surface area contributed by atoms with Crippen LogP contribution in [0, 0.1) is 5.92 Å². The van der Waals surface area contributed by atoms with Gasteiger partial charge in [0.05, 0.1) is 0 Å². The van der Waals surface area contributed by atoms with Gasteiger partial charge in [0.2, 0.25) is 0 Å². The molecule has 3 heteroatoms. The number of hydrogen-bond acceptors (Lipinski definition) is 3. The minimum atomic E-state index is 0.777. The monoisotopic (exact) mass is 171 g/mol. The maximum Gasteiger partial charge on any atom is 0.0102 e. The van der Waals surface area contributed by atoms with Gasteiger partial charge in [-0.2, -0.15) is 0 Å². The minimum Gasteiger partial charge on any atom is -0.329 e. The summed E-state index contributed by atoms with van der Waals surface area (Å²) in [5, 5.41) is 0. The maximum absolute atomic E-state index is 5.48. The average molecular weight is 171 g/mol. The first-order valence-corrected chi connectivity index (χ1v) is 4.79. The highest BCUT2D eigenvalue weighted by molar-refractivity contribution is 4.75. The molecule has 72 valence electrons. The third-order valence-electron chi connectivity index (χ3n) is 2.57. The van der Waals surface area contributed by atoms with Crippen molar-refractivity contribution < 1.29 is 0 Å². The van der Waals surface area contributed by atoms with Crippen molar-refractivity contribution in [2.75, 3.05) is 46.8 Å². The van der Waals surface area contributed by atoms with Crippen LogP contribution in [0.15, 0.2) is 0 Å². The van der Waals surface area contributed by atoms with Crippen LogP contribution in [0.2, 0.25) is 0 Å². The minimum absolute atomic E-state index is 0.777. The van der Waals surface area contributed by atoms with E-state index in [1.165, 1.54) is 26.1 Å². The van der Waals surface area contributed by atoms with Gasteiger partial charge in [0.15, 0.2) is 0 Å². The van der Waals surface area contributed by atoms with E-state index in [0.29, 0.717) is 0 Å². The summed E-state index contributed by atoms with van der Waals surface area (Å²) in [6.07, 6.45) is 1.35. The Morgan fingerprint density at radius 2 is 2.33 bits per heavy atom. The summed E-state index contributed by atoms with van der Waals surface area (Å²) in [6.45, 7) is 5.54. The van der Waals surface area contributed by atoms with Gasteiger partial charge in [-0.05, 0) is 33.0 Å². The van der Waals surface area contributed by atoms with E-state index in [1.54, 1.807) is 0 Å². The van der Waals surface area contributed by atoms with Gasteiger partial charge in [-0.25, -0.2) is 0 Å². The van der Waals surface area contributed by atoms with Crippen molar-refractivity contribution in [3.63, 3.8) is 0 Å². The zero-order valence-corrected chi connectivity index (χ0v) is 8.29. The van der Waals surface area contributed by atoms with Crippen LogP contribution in [0.25, 0.3) is 0 Å². The predicted molar refractivity (Wildman–Crippen MR) is 52.2 cm³/mol. The van der Waals surface area contributed by atoms with E-state index in [9.17, 15) is 0 Å². The normalized spacial score (nSPS) is 25.5. The van der Waals surface area contributed by atoms with Crippen molar-refractivity contribution in [2.45, 2.75) is 6.42 Å². The van der Waals surface area contributed by atoms with Gasteiger partial charge in [0.1, 0.15) is 0 Å². The molecule has 1 heterocycles. The molecule has 2 N–H and O–H groups in total. The Morgan fingerprint density at radius 3 is 2.83 bits per heavy atom. The summed E-state index contributed by atoms with van der Waals surface area (Å²) >= 11 is 0. The smallest absolute Gasteiger partial charge is 0.0102 e. The molecule has 0 radical (unpaired) electrons. The molecular formula is C9H21N3. The van der Waals surface area contributed by atoms with E-state index in [1.807, 2.05) is 0 Å². The lowest BCUT2D eigenvalue weighted by atomic mass is 10.1. The second-order valence-corrected chi connectivity index (χ2v) is 3.97. The van der Waals surface area contributed by atoms with Gasteiger partial charge in [0, 0.05) is 26.2 Å². The van der Waals surface area contributed by atoms with Crippen LogP contribution in [0.1, 0.15) is 6.42 Å². The Morgan fingerprint density at radius 1 is 1.58 bits per heavy atom. The lowest BCUT2D eigenvalue weighted by Gasteiger charge is -2.19. The Balaban J connectivity index is 2.14. The number of nitrogens with two attached hydrogens (primary N) is 1. The fourth-order valence-electron chi connectivity index (χ4n) is 1.93. The van der Waals surface area contributed by atoms with Crippen molar-refractivity contribution >= 4 is 0 Å². The molecule has 0 amide bonds. The first-order valence-electron chi connectivity index (χ1n) is 4.79. The zero-order valence-electron chi connectivity index (χ0n) is 8.29. The molecule has 0 aliphatic carbocycles. The summed E-state index contributed by atoms with van der Waals surface area (Å²) in [6, 6.07) is 0. The highest BCUT2D eigenvalue weighted by atomic mass is 15.1. The van der Waals surface area contributed by atoms with Gasteiger partial charge >= 0.3 is 0 Å². The van der Waals surface area contributed by atoms with E-state index in [-0.39, 0.29) is 0 Å². The van der Waals surface area contributed by atoms with E-state index in [4.69, 9.17) is 5.73 Å². The Hall–Kier alpha value is -0.120. The van der Waals surface area contributed by atoms with Gasteiger partial charge in [0.25, 0.3) is 0 Å². The largest absolute Gasteiger partial charge is 0.329 e. The van der Waals surface area contributed by atoms with Crippen molar-refractivity contribution in [1.29, 1.82) is 0 Å². The van der Waals surface area contributed by atoms with E-state index < -0.39 is 0 Å². The van der Waals surface area contributed by atoms with Gasteiger partial charge < -0.3 is 15.5 Å². The van der Waals surface area contributed by atoms with Crippen LogP contribution in [0.3, 0.4) is 0 Å². The molecule has 12 heavy (non-hydrogen) atoms. The number of rotatable bonds is 4. The second kappa shape index (κ2) is 4.80. The van der Waals surface area contributed by atoms with E-state index in [2.05, 4.69) is 23.9 Å². The molecule has 0 unspecified atom stereocenters. The summed E-state index contributed by atoms with van der Waals surface area (Å²) in [5.41, 5.74) is 5.48. The molecule has 1 aliphatic rings. The molecule has 3 nitrogen and oxygen atoms in total. The van der Waals surface area contributed by atoms with Crippen molar-refractivity contribution in [2.24, 2.45) is 11.7 Å². The van der Waals surface area contributed by atoms with Gasteiger partial charge in [-0.1, -0.05) is 0 Å². The molecule has 1 atom stereocenters. The van der Waals surface area contributed by atoms with Gasteiger partial charge in [-0.3, -0.25) is 0 Å². The lowest BCUT2D eigenvalue weighted by molar-refractivity contribution is 0.279. The summed E-state index contributed by atoms with van der Waals surface area (Å²) < 4.78 is 0. The van der Waals surface area contributed by atoms with E-state index >= 15 is 0 Å². The SMILES string of the molecule is CN(CCN)C[C@@H]1CCN(C)C1. The van der Waals surface area contributed by atoms with Crippen LogP contribution in [-0.2, 0) is 0 Å². The van der Waals surface area contributed by atoms with Gasteiger partial charge in [-0.15, -0.1) is 0 Å². The average Bonchev–Trinajstić information content (AvgIpc) is 2.36. The quantitative estimate of drug-likeness (QED) is 0.637. The molecule has 0 saturated carbocycles. The summed E-state index contributed by atoms with van der Waals surface area (Å²) in [7, 11) is 4.36. The van der Waals surface area contributed by atoms with Crippen molar-refractivity contribution in [1.82, 2.24) is 9.80 Å². The van der Waals surface area contributed by atoms with Crippen molar-refractivity contribution in [3.05, 3.63) is 0 Å². The molecule has 1 fully saturated rings. The third-order valence-corrected chi connectivity index (χ3v) is 2.57. The Kier molecular flexibility index (Phi) is 3.98. The van der Waals surface area contributed by atoms with E-state index in [0.717, 1.165) is 19.0 Å². The molecule has 1 aliphatic heterocycles. The fraction of sp³-hybridized carbons (Fsp3) is 1.00.